The molecule has 0 bridgehead atoms. The fourth-order valence-electron chi connectivity index (χ4n) is 2.27. The summed E-state index contributed by atoms with van der Waals surface area (Å²) in [6.07, 6.45) is 1.18. The number of carboxylic acid groups (broad SMARTS) is 1. The molecule has 0 aliphatic heterocycles. The molecule has 2 aromatic carbocycles. The highest BCUT2D eigenvalue weighted by atomic mass is 16.5. The number of rotatable bonds is 8. The van der Waals surface area contributed by atoms with E-state index in [9.17, 15) is 19.8 Å². The van der Waals surface area contributed by atoms with E-state index in [-0.39, 0.29) is 18.1 Å². The molecule has 6 nitrogen and oxygen atoms in total. The summed E-state index contributed by atoms with van der Waals surface area (Å²) in [7, 11) is 0. The molecule has 0 unspecified atom stereocenters. The molecule has 0 fully saturated rings. The number of phenolic OH excluding ortho intramolecular Hbond substituents is 1. The molecule has 1 atom stereocenters. The number of carboxylic acids is 1. The molecular weight excluding hydrogens is 322 g/mol. The van der Waals surface area contributed by atoms with Crippen LogP contribution in [0.2, 0.25) is 0 Å². The predicted octanol–water partition coefficient (Wildman–Crippen LogP) is 3.10. The number of ether oxygens (including phenoxy) is 1. The van der Waals surface area contributed by atoms with Gasteiger partial charge in [-0.2, -0.15) is 0 Å². The first-order valence-electron chi connectivity index (χ1n) is 8.06. The quantitative estimate of drug-likeness (QED) is 0.684. The van der Waals surface area contributed by atoms with Crippen LogP contribution in [0.15, 0.2) is 48.5 Å². The van der Waals surface area contributed by atoms with Gasteiger partial charge in [0.25, 0.3) is 0 Å². The van der Waals surface area contributed by atoms with Gasteiger partial charge in [-0.05, 0) is 48.4 Å². The summed E-state index contributed by atoms with van der Waals surface area (Å²) in [5, 5.41) is 21.0. The van der Waals surface area contributed by atoms with Gasteiger partial charge in [0.2, 0.25) is 5.91 Å². The zero-order valence-corrected chi connectivity index (χ0v) is 13.9. The maximum absolute atomic E-state index is 11.6. The van der Waals surface area contributed by atoms with Gasteiger partial charge >= 0.3 is 5.97 Å². The molecule has 2 aromatic rings. The maximum atomic E-state index is 11.6. The van der Waals surface area contributed by atoms with Gasteiger partial charge in [0.1, 0.15) is 23.3 Å². The molecule has 0 aromatic heterocycles. The number of carbonyl (C=O) groups is 2. The molecule has 0 saturated carbocycles. The lowest BCUT2D eigenvalue weighted by Crippen LogP contribution is -2.42. The number of phenols is 1. The van der Waals surface area contributed by atoms with Gasteiger partial charge in [0.15, 0.2) is 0 Å². The molecule has 0 radical (unpaired) electrons. The molecular formula is C19H21NO5. The smallest absolute Gasteiger partial charge is 0.326 e. The van der Waals surface area contributed by atoms with Crippen LogP contribution in [0.4, 0.5) is 0 Å². The van der Waals surface area contributed by atoms with Gasteiger partial charge in [-0.15, -0.1) is 0 Å². The number of nitrogens with one attached hydrogen (secondary N) is 1. The minimum absolute atomic E-state index is 0.160. The van der Waals surface area contributed by atoms with Crippen LogP contribution >= 0.6 is 0 Å². The lowest BCUT2D eigenvalue weighted by atomic mass is 10.1. The van der Waals surface area contributed by atoms with Gasteiger partial charge in [0.05, 0.1) is 0 Å². The first kappa shape index (κ1) is 18.3. The largest absolute Gasteiger partial charge is 0.508 e. The molecule has 3 N–H and O–H groups in total. The third-order valence-electron chi connectivity index (χ3n) is 3.55. The summed E-state index contributed by atoms with van der Waals surface area (Å²) in [4.78, 5) is 22.9. The number of hydrogen-bond acceptors (Lipinski definition) is 4. The molecule has 2 rings (SSSR count). The maximum Gasteiger partial charge on any atom is 0.326 e. The van der Waals surface area contributed by atoms with E-state index in [0.717, 1.165) is 5.56 Å². The van der Waals surface area contributed by atoms with Crippen LogP contribution in [-0.2, 0) is 16.0 Å². The van der Waals surface area contributed by atoms with Crippen molar-refractivity contribution in [1.82, 2.24) is 5.32 Å². The molecule has 0 saturated heterocycles. The fraction of sp³-hybridized carbons (Fsp3) is 0.263. The Balaban J connectivity index is 1.99. The Hall–Kier alpha value is -3.02. The summed E-state index contributed by atoms with van der Waals surface area (Å²) >= 11 is 0. The first-order valence-corrected chi connectivity index (χ1v) is 8.06. The average Bonchev–Trinajstić information content (AvgIpc) is 2.58. The number of hydrogen-bond donors (Lipinski definition) is 3. The van der Waals surface area contributed by atoms with Crippen molar-refractivity contribution in [1.29, 1.82) is 0 Å². The van der Waals surface area contributed by atoms with E-state index in [1.807, 2.05) is 6.92 Å². The van der Waals surface area contributed by atoms with Gasteiger partial charge in [-0.25, -0.2) is 4.79 Å². The lowest BCUT2D eigenvalue weighted by molar-refractivity contribution is -0.141. The summed E-state index contributed by atoms with van der Waals surface area (Å²) in [5.74, 6) is 0.0145. The predicted molar refractivity (Wildman–Crippen MR) is 92.8 cm³/mol. The average molecular weight is 343 g/mol. The minimum atomic E-state index is -1.06. The summed E-state index contributed by atoms with van der Waals surface area (Å²) in [6.45, 7) is 1.86. The fourth-order valence-corrected chi connectivity index (χ4v) is 2.27. The third kappa shape index (κ3) is 5.84. The molecule has 0 spiro atoms. The van der Waals surface area contributed by atoms with Crippen molar-refractivity contribution in [3.63, 3.8) is 0 Å². The Kier molecular flexibility index (Phi) is 6.39. The van der Waals surface area contributed by atoms with Crippen molar-refractivity contribution >= 4 is 11.9 Å². The van der Waals surface area contributed by atoms with Crippen molar-refractivity contribution in [3.05, 3.63) is 54.1 Å². The topological polar surface area (TPSA) is 95.9 Å². The second-order valence-electron chi connectivity index (χ2n) is 5.65. The Morgan fingerprint density at radius 3 is 2.12 bits per heavy atom. The molecule has 25 heavy (non-hydrogen) atoms. The summed E-state index contributed by atoms with van der Waals surface area (Å²) in [5.41, 5.74) is 0.780. The number of aromatic hydroxyl groups is 1. The Morgan fingerprint density at radius 1 is 1.04 bits per heavy atom. The second kappa shape index (κ2) is 8.73. The van der Waals surface area contributed by atoms with Gasteiger partial charge in [-0.3, -0.25) is 4.79 Å². The second-order valence-corrected chi connectivity index (χ2v) is 5.65. The van der Waals surface area contributed by atoms with Crippen LogP contribution in [0.1, 0.15) is 25.3 Å². The lowest BCUT2D eigenvalue weighted by Gasteiger charge is -2.15. The van der Waals surface area contributed by atoms with Gasteiger partial charge < -0.3 is 20.3 Å². The molecule has 0 aliphatic carbocycles. The van der Waals surface area contributed by atoms with E-state index < -0.39 is 12.0 Å². The monoisotopic (exact) mass is 343 g/mol. The van der Waals surface area contributed by atoms with E-state index in [1.165, 1.54) is 12.1 Å². The van der Waals surface area contributed by atoms with Gasteiger partial charge in [-0.1, -0.05) is 19.1 Å². The Morgan fingerprint density at radius 2 is 1.60 bits per heavy atom. The highest BCUT2D eigenvalue weighted by Gasteiger charge is 2.20. The standard InChI is InChI=1S/C19H21NO5/c1-2-3-18(22)20-17(19(23)24)12-13-4-8-15(9-5-13)25-16-10-6-14(21)7-11-16/h4-11,17,21H,2-3,12H2,1H3,(H,20,22)(H,23,24)/t17-/m0/s1. The van der Waals surface area contributed by atoms with Crippen molar-refractivity contribution in [2.75, 3.05) is 0 Å². The van der Waals surface area contributed by atoms with Crippen molar-refractivity contribution in [3.8, 4) is 17.2 Å². The van der Waals surface area contributed by atoms with Crippen molar-refractivity contribution in [2.24, 2.45) is 0 Å². The molecule has 6 heteroatoms. The summed E-state index contributed by atoms with van der Waals surface area (Å²) in [6, 6.07) is 12.4. The van der Waals surface area contributed by atoms with E-state index in [1.54, 1.807) is 36.4 Å². The first-order chi connectivity index (χ1) is 12.0. The number of amides is 1. The van der Waals surface area contributed by atoms with Crippen molar-refractivity contribution in [2.45, 2.75) is 32.2 Å². The molecule has 132 valence electrons. The third-order valence-corrected chi connectivity index (χ3v) is 3.55. The normalized spacial score (nSPS) is 11.6. The summed E-state index contributed by atoms with van der Waals surface area (Å²) < 4.78 is 5.64. The van der Waals surface area contributed by atoms with Gasteiger partial charge in [0, 0.05) is 12.8 Å². The van der Waals surface area contributed by atoms with E-state index >= 15 is 0 Å². The molecule has 0 heterocycles. The van der Waals surface area contributed by atoms with Crippen LogP contribution in [0, 0.1) is 0 Å². The van der Waals surface area contributed by atoms with E-state index in [4.69, 9.17) is 4.74 Å². The Bertz CT molecular complexity index is 710. The van der Waals surface area contributed by atoms with Crippen LogP contribution in [0.25, 0.3) is 0 Å². The Labute approximate surface area is 146 Å². The zero-order valence-electron chi connectivity index (χ0n) is 13.9. The van der Waals surface area contributed by atoms with Crippen LogP contribution in [0.3, 0.4) is 0 Å². The highest BCUT2D eigenvalue weighted by Crippen LogP contribution is 2.23. The zero-order chi connectivity index (χ0) is 18.2. The SMILES string of the molecule is CCCC(=O)N[C@@H](Cc1ccc(Oc2ccc(O)cc2)cc1)C(=O)O. The van der Waals surface area contributed by atoms with E-state index in [2.05, 4.69) is 5.32 Å². The van der Waals surface area contributed by atoms with E-state index in [0.29, 0.717) is 24.3 Å². The number of benzene rings is 2. The molecule has 0 aliphatic rings. The number of carbonyl (C=O) groups excluding carboxylic acids is 1. The van der Waals surface area contributed by atoms with Crippen LogP contribution in [0.5, 0.6) is 17.2 Å². The highest BCUT2D eigenvalue weighted by molar-refractivity contribution is 5.83. The molecule has 1 amide bonds. The number of aliphatic carboxylic acids is 1. The van der Waals surface area contributed by atoms with Crippen LogP contribution in [-0.4, -0.2) is 28.1 Å². The van der Waals surface area contributed by atoms with Crippen molar-refractivity contribution < 1.29 is 24.5 Å². The minimum Gasteiger partial charge on any atom is -0.508 e. The van der Waals surface area contributed by atoms with Crippen LogP contribution < -0.4 is 10.1 Å².